The molecule has 0 aliphatic heterocycles. The van der Waals surface area contributed by atoms with Gasteiger partial charge >= 0.3 is 0 Å². The zero-order valence-electron chi connectivity index (χ0n) is 9.86. The maximum atomic E-state index is 13.4. The van der Waals surface area contributed by atoms with Crippen LogP contribution in [0.2, 0.25) is 0 Å². The fourth-order valence-electron chi connectivity index (χ4n) is 1.62. The fourth-order valence-corrected chi connectivity index (χ4v) is 1.62. The van der Waals surface area contributed by atoms with E-state index < -0.39 is 17.5 Å². The summed E-state index contributed by atoms with van der Waals surface area (Å²) in [6.45, 7) is 0.114. The Balaban J connectivity index is 2.08. The van der Waals surface area contributed by atoms with E-state index in [9.17, 15) is 18.7 Å². The Hall–Kier alpha value is -2.43. The molecule has 98 valence electrons. The van der Waals surface area contributed by atoms with Gasteiger partial charge in [-0.3, -0.25) is 4.79 Å². The normalized spacial score (nSPS) is 10.2. The molecule has 0 aliphatic carbocycles. The van der Waals surface area contributed by atoms with Gasteiger partial charge in [0.15, 0.2) is 11.6 Å². The van der Waals surface area contributed by atoms with Gasteiger partial charge in [0.05, 0.1) is 5.56 Å². The molecule has 0 aromatic heterocycles. The molecule has 5 heteroatoms. The van der Waals surface area contributed by atoms with E-state index in [4.69, 9.17) is 0 Å². The molecular weight excluding hydrogens is 252 g/mol. The van der Waals surface area contributed by atoms with Crippen LogP contribution in [-0.4, -0.2) is 11.0 Å². The van der Waals surface area contributed by atoms with Gasteiger partial charge in [0, 0.05) is 6.54 Å². The van der Waals surface area contributed by atoms with E-state index in [1.54, 1.807) is 12.1 Å². The molecule has 0 saturated heterocycles. The molecule has 0 unspecified atom stereocenters. The van der Waals surface area contributed by atoms with Crippen LogP contribution in [0.4, 0.5) is 8.78 Å². The third-order valence-electron chi connectivity index (χ3n) is 2.56. The molecule has 0 spiro atoms. The lowest BCUT2D eigenvalue weighted by atomic mass is 10.1. The summed E-state index contributed by atoms with van der Waals surface area (Å²) in [5, 5.41) is 11.7. The van der Waals surface area contributed by atoms with E-state index in [1.165, 1.54) is 24.3 Å². The lowest BCUT2D eigenvalue weighted by Gasteiger charge is -2.07. The van der Waals surface area contributed by atoms with Crippen molar-refractivity contribution in [3.8, 4) is 5.75 Å². The maximum absolute atomic E-state index is 13.4. The summed E-state index contributed by atoms with van der Waals surface area (Å²) in [6, 6.07) is 9.71. The van der Waals surface area contributed by atoms with Crippen LogP contribution in [0, 0.1) is 11.6 Å². The summed E-state index contributed by atoms with van der Waals surface area (Å²) in [6.07, 6.45) is 0. The summed E-state index contributed by atoms with van der Waals surface area (Å²) in [5.74, 6) is -2.87. The van der Waals surface area contributed by atoms with E-state index in [2.05, 4.69) is 5.32 Å². The molecule has 0 heterocycles. The predicted molar refractivity (Wildman–Crippen MR) is 65.6 cm³/mol. The number of rotatable bonds is 3. The predicted octanol–water partition coefficient (Wildman–Crippen LogP) is 2.60. The van der Waals surface area contributed by atoms with Crippen LogP contribution in [-0.2, 0) is 6.54 Å². The van der Waals surface area contributed by atoms with E-state index in [0.29, 0.717) is 5.56 Å². The van der Waals surface area contributed by atoms with Crippen LogP contribution in [0.15, 0.2) is 42.5 Å². The van der Waals surface area contributed by atoms with Gasteiger partial charge in [0.25, 0.3) is 5.91 Å². The van der Waals surface area contributed by atoms with Gasteiger partial charge in [-0.25, -0.2) is 8.78 Å². The molecule has 0 bridgehead atoms. The number of halogens is 2. The Morgan fingerprint density at radius 3 is 2.63 bits per heavy atom. The van der Waals surface area contributed by atoms with Gasteiger partial charge in [-0.2, -0.15) is 0 Å². The standard InChI is InChI=1S/C14H11F2NO2/c15-12-6-2-5-11(13(12)16)14(19)17-8-9-3-1-4-10(18)7-9/h1-7,18H,8H2,(H,17,19). The zero-order valence-corrected chi connectivity index (χ0v) is 9.86. The molecule has 0 saturated carbocycles. The average molecular weight is 263 g/mol. The monoisotopic (exact) mass is 263 g/mol. The molecule has 0 atom stereocenters. The lowest BCUT2D eigenvalue weighted by Crippen LogP contribution is -2.24. The van der Waals surface area contributed by atoms with Crippen molar-refractivity contribution >= 4 is 5.91 Å². The van der Waals surface area contributed by atoms with Gasteiger partial charge in [-0.1, -0.05) is 18.2 Å². The van der Waals surface area contributed by atoms with Crippen molar-refractivity contribution in [3.05, 3.63) is 65.2 Å². The van der Waals surface area contributed by atoms with Gasteiger partial charge < -0.3 is 10.4 Å². The van der Waals surface area contributed by atoms with Gasteiger partial charge in [-0.05, 0) is 29.8 Å². The molecule has 2 aromatic rings. The summed E-state index contributed by atoms with van der Waals surface area (Å²) < 4.78 is 26.3. The molecule has 0 fully saturated rings. The number of nitrogens with one attached hydrogen (secondary N) is 1. The van der Waals surface area contributed by atoms with Crippen LogP contribution >= 0.6 is 0 Å². The fraction of sp³-hybridized carbons (Fsp3) is 0.0714. The first-order valence-corrected chi connectivity index (χ1v) is 5.58. The van der Waals surface area contributed by atoms with Gasteiger partial charge in [0.2, 0.25) is 0 Å². The number of amides is 1. The van der Waals surface area contributed by atoms with Crippen molar-refractivity contribution in [1.82, 2.24) is 5.32 Å². The molecule has 3 nitrogen and oxygen atoms in total. The second-order valence-corrected chi connectivity index (χ2v) is 3.95. The van der Waals surface area contributed by atoms with Crippen molar-refractivity contribution < 1.29 is 18.7 Å². The number of phenolic OH excluding ortho intramolecular Hbond substituents is 1. The Kier molecular flexibility index (Phi) is 3.75. The van der Waals surface area contributed by atoms with Crippen LogP contribution in [0.1, 0.15) is 15.9 Å². The summed E-state index contributed by atoms with van der Waals surface area (Å²) >= 11 is 0. The SMILES string of the molecule is O=C(NCc1cccc(O)c1)c1cccc(F)c1F. The van der Waals surface area contributed by atoms with E-state index >= 15 is 0 Å². The van der Waals surface area contributed by atoms with Gasteiger partial charge in [-0.15, -0.1) is 0 Å². The smallest absolute Gasteiger partial charge is 0.254 e. The largest absolute Gasteiger partial charge is 0.508 e. The summed E-state index contributed by atoms with van der Waals surface area (Å²) in [4.78, 5) is 11.7. The number of phenols is 1. The second-order valence-electron chi connectivity index (χ2n) is 3.95. The Morgan fingerprint density at radius 1 is 1.16 bits per heavy atom. The maximum Gasteiger partial charge on any atom is 0.254 e. The highest BCUT2D eigenvalue weighted by atomic mass is 19.2. The number of benzene rings is 2. The van der Waals surface area contributed by atoms with Crippen molar-refractivity contribution in [2.45, 2.75) is 6.54 Å². The number of hydrogen-bond donors (Lipinski definition) is 2. The topological polar surface area (TPSA) is 49.3 Å². The number of aromatic hydroxyl groups is 1. The van der Waals surface area contributed by atoms with Crippen molar-refractivity contribution in [3.63, 3.8) is 0 Å². The van der Waals surface area contributed by atoms with Gasteiger partial charge in [0.1, 0.15) is 5.75 Å². The Labute approximate surface area is 108 Å². The highest BCUT2D eigenvalue weighted by molar-refractivity contribution is 5.94. The van der Waals surface area contributed by atoms with Crippen molar-refractivity contribution in [1.29, 1.82) is 0 Å². The van der Waals surface area contributed by atoms with Crippen LogP contribution < -0.4 is 5.32 Å². The minimum atomic E-state index is -1.17. The first-order valence-electron chi connectivity index (χ1n) is 5.58. The third kappa shape index (κ3) is 3.07. The van der Waals surface area contributed by atoms with Crippen molar-refractivity contribution in [2.24, 2.45) is 0 Å². The van der Waals surface area contributed by atoms with Crippen LogP contribution in [0.25, 0.3) is 0 Å². The van der Waals surface area contributed by atoms with Crippen molar-refractivity contribution in [2.75, 3.05) is 0 Å². The molecule has 19 heavy (non-hydrogen) atoms. The first kappa shape index (κ1) is 13.0. The molecular formula is C14H11F2NO2. The average Bonchev–Trinajstić information content (AvgIpc) is 2.39. The highest BCUT2D eigenvalue weighted by Gasteiger charge is 2.14. The molecule has 0 radical (unpaired) electrons. The first-order chi connectivity index (χ1) is 9.08. The minimum Gasteiger partial charge on any atom is -0.508 e. The number of carbonyl (C=O) groups excluding carboxylic acids is 1. The Morgan fingerprint density at radius 2 is 1.89 bits per heavy atom. The minimum absolute atomic E-state index is 0.0729. The van der Waals surface area contributed by atoms with Crippen LogP contribution in [0.5, 0.6) is 5.75 Å². The number of hydrogen-bond acceptors (Lipinski definition) is 2. The van der Waals surface area contributed by atoms with E-state index in [-0.39, 0.29) is 17.9 Å². The molecule has 2 aromatic carbocycles. The van der Waals surface area contributed by atoms with E-state index in [1.807, 2.05) is 0 Å². The molecule has 2 rings (SSSR count). The summed E-state index contributed by atoms with van der Waals surface area (Å²) in [5.41, 5.74) is 0.310. The second kappa shape index (κ2) is 5.48. The molecule has 0 aliphatic rings. The summed E-state index contributed by atoms with van der Waals surface area (Å²) in [7, 11) is 0. The Bertz CT molecular complexity index is 614. The zero-order chi connectivity index (χ0) is 13.8. The quantitative estimate of drug-likeness (QED) is 0.894. The lowest BCUT2D eigenvalue weighted by molar-refractivity contribution is 0.0945. The third-order valence-corrected chi connectivity index (χ3v) is 2.56. The van der Waals surface area contributed by atoms with Crippen LogP contribution in [0.3, 0.4) is 0 Å². The highest BCUT2D eigenvalue weighted by Crippen LogP contribution is 2.13. The number of carbonyl (C=O) groups is 1. The van der Waals surface area contributed by atoms with E-state index in [0.717, 1.165) is 6.07 Å². The molecule has 1 amide bonds. The molecule has 2 N–H and O–H groups in total.